The Hall–Kier alpha value is -1.00. The van der Waals surface area contributed by atoms with Gasteiger partial charge >= 0.3 is 0 Å². The second-order valence-corrected chi connectivity index (χ2v) is 4.30. The standard InChI is InChI=1S/C11H15F2NO/c1-11(2,6-14)10(15)7-3-8(12)5-9(13)4-7/h3-5,10,15H,6,14H2,1-2H3. The molecule has 84 valence electrons. The molecule has 1 atom stereocenters. The van der Waals surface area contributed by atoms with Gasteiger partial charge in [0.25, 0.3) is 0 Å². The van der Waals surface area contributed by atoms with Crippen molar-refractivity contribution in [3.8, 4) is 0 Å². The Morgan fingerprint density at radius 1 is 1.27 bits per heavy atom. The van der Waals surface area contributed by atoms with Crippen LogP contribution in [0.1, 0.15) is 25.5 Å². The molecule has 3 N–H and O–H groups in total. The quantitative estimate of drug-likeness (QED) is 0.809. The fraction of sp³-hybridized carbons (Fsp3) is 0.455. The van der Waals surface area contributed by atoms with E-state index in [2.05, 4.69) is 0 Å². The molecule has 2 nitrogen and oxygen atoms in total. The lowest BCUT2D eigenvalue weighted by atomic mass is 9.83. The number of aliphatic hydroxyl groups is 1. The van der Waals surface area contributed by atoms with Crippen LogP contribution < -0.4 is 5.73 Å². The number of hydrogen-bond donors (Lipinski definition) is 2. The molecule has 15 heavy (non-hydrogen) atoms. The third-order valence-electron chi connectivity index (χ3n) is 2.47. The Labute approximate surface area is 87.7 Å². The molecule has 0 aliphatic carbocycles. The topological polar surface area (TPSA) is 46.2 Å². The largest absolute Gasteiger partial charge is 0.388 e. The summed E-state index contributed by atoms with van der Waals surface area (Å²) in [7, 11) is 0. The van der Waals surface area contributed by atoms with Crippen LogP contribution in [0.15, 0.2) is 18.2 Å². The summed E-state index contributed by atoms with van der Waals surface area (Å²) in [5.41, 5.74) is 5.07. The Morgan fingerprint density at radius 3 is 2.13 bits per heavy atom. The van der Waals surface area contributed by atoms with E-state index in [0.29, 0.717) is 0 Å². The van der Waals surface area contributed by atoms with Crippen molar-refractivity contribution in [3.05, 3.63) is 35.4 Å². The van der Waals surface area contributed by atoms with Gasteiger partial charge in [-0.1, -0.05) is 13.8 Å². The SMILES string of the molecule is CC(C)(CN)C(O)c1cc(F)cc(F)c1. The van der Waals surface area contributed by atoms with Gasteiger partial charge in [-0.05, 0) is 17.7 Å². The van der Waals surface area contributed by atoms with E-state index in [9.17, 15) is 13.9 Å². The van der Waals surface area contributed by atoms with Crippen molar-refractivity contribution < 1.29 is 13.9 Å². The van der Waals surface area contributed by atoms with Crippen molar-refractivity contribution in [1.29, 1.82) is 0 Å². The number of aliphatic hydroxyl groups excluding tert-OH is 1. The second kappa shape index (κ2) is 4.24. The monoisotopic (exact) mass is 215 g/mol. The van der Waals surface area contributed by atoms with E-state index in [1.807, 2.05) is 0 Å². The van der Waals surface area contributed by atoms with Gasteiger partial charge in [-0.3, -0.25) is 0 Å². The molecular weight excluding hydrogens is 200 g/mol. The molecule has 0 spiro atoms. The fourth-order valence-electron chi connectivity index (χ4n) is 1.30. The molecule has 0 amide bonds. The number of nitrogens with two attached hydrogens (primary N) is 1. The second-order valence-electron chi connectivity index (χ2n) is 4.30. The minimum absolute atomic E-state index is 0.211. The lowest BCUT2D eigenvalue weighted by Crippen LogP contribution is -2.30. The zero-order valence-corrected chi connectivity index (χ0v) is 8.80. The van der Waals surface area contributed by atoms with Crippen LogP contribution in [-0.2, 0) is 0 Å². The van der Waals surface area contributed by atoms with Crippen molar-refractivity contribution >= 4 is 0 Å². The van der Waals surface area contributed by atoms with E-state index >= 15 is 0 Å². The average Bonchev–Trinajstić information content (AvgIpc) is 2.15. The van der Waals surface area contributed by atoms with Gasteiger partial charge in [-0.15, -0.1) is 0 Å². The molecule has 4 heteroatoms. The van der Waals surface area contributed by atoms with Crippen LogP contribution in [0.5, 0.6) is 0 Å². The third kappa shape index (κ3) is 2.73. The minimum atomic E-state index is -0.979. The summed E-state index contributed by atoms with van der Waals surface area (Å²) in [6.45, 7) is 3.70. The van der Waals surface area contributed by atoms with E-state index in [-0.39, 0.29) is 12.1 Å². The van der Waals surface area contributed by atoms with Crippen LogP contribution in [0, 0.1) is 17.0 Å². The van der Waals surface area contributed by atoms with Crippen molar-refractivity contribution in [3.63, 3.8) is 0 Å². The molecule has 0 radical (unpaired) electrons. The molecule has 0 aliphatic heterocycles. The molecule has 0 bridgehead atoms. The van der Waals surface area contributed by atoms with Crippen LogP contribution in [-0.4, -0.2) is 11.7 Å². The molecule has 1 aromatic carbocycles. The van der Waals surface area contributed by atoms with Crippen molar-refractivity contribution in [2.75, 3.05) is 6.54 Å². The number of rotatable bonds is 3. The minimum Gasteiger partial charge on any atom is -0.388 e. The summed E-state index contributed by atoms with van der Waals surface area (Å²) in [5, 5.41) is 9.88. The van der Waals surface area contributed by atoms with Gasteiger partial charge in [-0.2, -0.15) is 0 Å². The summed E-state index contributed by atoms with van der Waals surface area (Å²) < 4.78 is 25.8. The molecule has 0 saturated carbocycles. The first-order chi connectivity index (χ1) is 6.86. The van der Waals surface area contributed by atoms with Gasteiger partial charge in [0.05, 0.1) is 6.10 Å². The maximum absolute atomic E-state index is 12.9. The van der Waals surface area contributed by atoms with Crippen LogP contribution in [0.2, 0.25) is 0 Å². The highest BCUT2D eigenvalue weighted by atomic mass is 19.1. The van der Waals surface area contributed by atoms with Crippen LogP contribution in [0.25, 0.3) is 0 Å². The maximum atomic E-state index is 12.9. The molecule has 0 saturated heterocycles. The predicted octanol–water partition coefficient (Wildman–Crippen LogP) is 1.98. The number of halogens is 2. The average molecular weight is 215 g/mol. The molecule has 0 aliphatic rings. The molecule has 1 unspecified atom stereocenters. The van der Waals surface area contributed by atoms with Gasteiger partial charge in [0.2, 0.25) is 0 Å². The zero-order valence-electron chi connectivity index (χ0n) is 8.80. The lowest BCUT2D eigenvalue weighted by Gasteiger charge is -2.29. The molecule has 0 heterocycles. The van der Waals surface area contributed by atoms with Gasteiger partial charge in [0.1, 0.15) is 11.6 Å². The highest BCUT2D eigenvalue weighted by Gasteiger charge is 2.28. The van der Waals surface area contributed by atoms with E-state index < -0.39 is 23.2 Å². The smallest absolute Gasteiger partial charge is 0.126 e. The van der Waals surface area contributed by atoms with Crippen molar-refractivity contribution in [2.45, 2.75) is 20.0 Å². The molecule has 1 aromatic rings. The normalized spacial score (nSPS) is 14.0. The van der Waals surface area contributed by atoms with E-state index in [1.165, 1.54) is 0 Å². The fourth-order valence-corrected chi connectivity index (χ4v) is 1.30. The van der Waals surface area contributed by atoms with Gasteiger partial charge in [0.15, 0.2) is 0 Å². The van der Waals surface area contributed by atoms with E-state index in [1.54, 1.807) is 13.8 Å². The lowest BCUT2D eigenvalue weighted by molar-refractivity contribution is 0.0550. The van der Waals surface area contributed by atoms with Crippen LogP contribution in [0.3, 0.4) is 0 Å². The predicted molar refractivity (Wildman–Crippen MR) is 54.2 cm³/mol. The van der Waals surface area contributed by atoms with Gasteiger partial charge in [-0.25, -0.2) is 8.78 Å². The Kier molecular flexibility index (Phi) is 3.42. The third-order valence-corrected chi connectivity index (χ3v) is 2.47. The Bertz CT molecular complexity index is 332. The first-order valence-corrected chi connectivity index (χ1v) is 4.71. The maximum Gasteiger partial charge on any atom is 0.126 e. The van der Waals surface area contributed by atoms with Crippen LogP contribution in [0.4, 0.5) is 8.78 Å². The first-order valence-electron chi connectivity index (χ1n) is 4.71. The van der Waals surface area contributed by atoms with Crippen molar-refractivity contribution in [2.24, 2.45) is 11.1 Å². The highest BCUT2D eigenvalue weighted by Crippen LogP contribution is 2.32. The highest BCUT2D eigenvalue weighted by molar-refractivity contribution is 5.21. The summed E-state index contributed by atoms with van der Waals surface area (Å²) in [5.74, 6) is -1.39. The molecular formula is C11H15F2NO. The first kappa shape index (κ1) is 12.1. The molecule has 0 aromatic heterocycles. The zero-order chi connectivity index (χ0) is 11.6. The van der Waals surface area contributed by atoms with Gasteiger partial charge in [0, 0.05) is 18.0 Å². The summed E-state index contributed by atoms with van der Waals surface area (Å²) in [6, 6.07) is 3.00. The van der Waals surface area contributed by atoms with Crippen molar-refractivity contribution in [1.82, 2.24) is 0 Å². The summed E-state index contributed by atoms with van der Waals surface area (Å²) in [4.78, 5) is 0. The Morgan fingerprint density at radius 2 is 1.73 bits per heavy atom. The molecule has 0 fully saturated rings. The Balaban J connectivity index is 3.06. The van der Waals surface area contributed by atoms with Crippen LogP contribution >= 0.6 is 0 Å². The summed E-state index contributed by atoms with van der Waals surface area (Å²) >= 11 is 0. The van der Waals surface area contributed by atoms with E-state index in [0.717, 1.165) is 18.2 Å². The summed E-state index contributed by atoms with van der Waals surface area (Å²) in [6.07, 6.45) is -0.979. The number of hydrogen-bond acceptors (Lipinski definition) is 2. The number of benzene rings is 1. The van der Waals surface area contributed by atoms with E-state index in [4.69, 9.17) is 5.73 Å². The molecule has 1 rings (SSSR count). The van der Waals surface area contributed by atoms with Gasteiger partial charge < -0.3 is 10.8 Å².